The van der Waals surface area contributed by atoms with E-state index in [2.05, 4.69) is 23.7 Å². The highest BCUT2D eigenvalue weighted by Gasteiger charge is 2.45. The van der Waals surface area contributed by atoms with Gasteiger partial charge in [0.05, 0.1) is 11.0 Å². The second-order valence-electron chi connectivity index (χ2n) is 10.2. The molecular weight excluding hydrogens is 426 g/mol. The Morgan fingerprint density at radius 2 is 1.56 bits per heavy atom. The fourth-order valence-corrected chi connectivity index (χ4v) is 6.71. The van der Waals surface area contributed by atoms with E-state index in [1.54, 1.807) is 10.6 Å². The van der Waals surface area contributed by atoms with Gasteiger partial charge < -0.3 is 9.67 Å². The average Bonchev–Trinajstić information content (AvgIpc) is 3.02. The number of aromatic nitrogens is 2. The third kappa shape index (κ3) is 3.96. The number of fused-ring (bicyclic) bond motifs is 3. The first-order valence-corrected chi connectivity index (χ1v) is 12.0. The van der Waals surface area contributed by atoms with Crippen molar-refractivity contribution in [3.8, 4) is 0 Å². The molecule has 1 aromatic heterocycles. The maximum Gasteiger partial charge on any atom is 0.360 e. The van der Waals surface area contributed by atoms with E-state index >= 15 is 0 Å². The summed E-state index contributed by atoms with van der Waals surface area (Å²) in [6.45, 7) is 4.70. The molecule has 174 valence electrons. The Morgan fingerprint density at radius 3 is 2.16 bits per heavy atom. The molecule has 7 heteroatoms. The van der Waals surface area contributed by atoms with Gasteiger partial charge in [-0.3, -0.25) is 9.69 Å². The average molecular weight is 460 g/mol. The van der Waals surface area contributed by atoms with Crippen molar-refractivity contribution >= 4 is 29.4 Å². The highest BCUT2D eigenvalue weighted by Crippen LogP contribution is 2.45. The molecule has 1 aromatic carbocycles. The summed E-state index contributed by atoms with van der Waals surface area (Å²) < 4.78 is 1.75. The third-order valence-corrected chi connectivity index (χ3v) is 8.23. The van der Waals surface area contributed by atoms with Crippen LogP contribution in [0.2, 0.25) is 0 Å². The molecule has 1 N–H and O–H groups in total. The smallest absolute Gasteiger partial charge is 0.360 e. The molecule has 1 saturated carbocycles. The predicted molar refractivity (Wildman–Crippen MR) is 128 cm³/mol. The monoisotopic (exact) mass is 459 g/mol. The number of hydrogen-bond acceptors (Lipinski definition) is 4. The van der Waals surface area contributed by atoms with Gasteiger partial charge in [-0.2, -0.15) is 0 Å². The van der Waals surface area contributed by atoms with Crippen LogP contribution >= 0.6 is 12.4 Å². The van der Waals surface area contributed by atoms with Crippen molar-refractivity contribution in [3.05, 3.63) is 40.3 Å². The molecule has 1 unspecified atom stereocenters. The molecule has 6 nitrogen and oxygen atoms in total. The van der Waals surface area contributed by atoms with Crippen molar-refractivity contribution in [2.24, 2.45) is 11.8 Å². The molecule has 32 heavy (non-hydrogen) atoms. The number of aromatic carboxylic acids is 1. The standard InChI is InChI=1S/C25H33N3O3.ClH/c1-15(2)16-7-9-17(10-8-16)27-18-11-12-19(27)14-20(13-18)28-22-6-4-3-5-21(22)26-23(24(28)29)25(30)31;/h3-6,15-20H,7-14H2,1-2H3,(H,30,31);1H/t16?,17?,18-,19+,20?;. The van der Waals surface area contributed by atoms with E-state index < -0.39 is 11.5 Å². The Labute approximate surface area is 195 Å². The quantitative estimate of drug-likeness (QED) is 0.703. The molecule has 3 aliphatic rings. The fraction of sp³-hybridized carbons (Fsp3) is 0.640. The zero-order valence-electron chi connectivity index (χ0n) is 18.9. The number of carbonyl (C=O) groups is 1. The first kappa shape index (κ1) is 23.2. The summed E-state index contributed by atoms with van der Waals surface area (Å²) in [4.78, 5) is 31.8. The van der Waals surface area contributed by atoms with Gasteiger partial charge >= 0.3 is 5.97 Å². The predicted octanol–water partition coefficient (Wildman–Crippen LogP) is 4.90. The topological polar surface area (TPSA) is 75.4 Å². The van der Waals surface area contributed by atoms with Crippen LogP contribution in [-0.4, -0.2) is 43.7 Å². The molecule has 5 rings (SSSR count). The number of rotatable bonds is 4. The highest BCUT2D eigenvalue weighted by atomic mass is 35.5. The fourth-order valence-electron chi connectivity index (χ4n) is 6.71. The van der Waals surface area contributed by atoms with Gasteiger partial charge in [0, 0.05) is 24.2 Å². The minimum atomic E-state index is -1.24. The summed E-state index contributed by atoms with van der Waals surface area (Å²) >= 11 is 0. The van der Waals surface area contributed by atoms with Crippen molar-refractivity contribution in [2.45, 2.75) is 89.4 Å². The number of nitrogens with zero attached hydrogens (tertiary/aromatic N) is 3. The number of carboxylic acids is 1. The molecule has 2 aromatic rings. The Morgan fingerprint density at radius 1 is 0.969 bits per heavy atom. The lowest BCUT2D eigenvalue weighted by Gasteiger charge is -2.46. The maximum absolute atomic E-state index is 13.1. The highest BCUT2D eigenvalue weighted by molar-refractivity contribution is 5.88. The molecule has 3 heterocycles. The van der Waals surface area contributed by atoms with Gasteiger partial charge in [-0.1, -0.05) is 26.0 Å². The lowest BCUT2D eigenvalue weighted by Crippen LogP contribution is -2.51. The Bertz CT molecular complexity index is 1030. The van der Waals surface area contributed by atoms with Crippen molar-refractivity contribution < 1.29 is 9.90 Å². The maximum atomic E-state index is 13.1. The molecule has 0 spiro atoms. The second-order valence-corrected chi connectivity index (χ2v) is 10.2. The Kier molecular flexibility index (Phi) is 6.64. The Hall–Kier alpha value is -1.92. The van der Waals surface area contributed by atoms with Gasteiger partial charge in [0.1, 0.15) is 0 Å². The van der Waals surface area contributed by atoms with Gasteiger partial charge in [-0.15, -0.1) is 12.4 Å². The summed E-state index contributed by atoms with van der Waals surface area (Å²) in [5, 5.41) is 9.55. The van der Waals surface area contributed by atoms with E-state index in [0.717, 1.165) is 30.2 Å². The molecular formula is C25H34ClN3O3. The molecule has 2 saturated heterocycles. The van der Waals surface area contributed by atoms with Gasteiger partial charge in [-0.25, -0.2) is 9.78 Å². The van der Waals surface area contributed by atoms with Crippen LogP contribution in [0.1, 0.15) is 81.7 Å². The SMILES string of the molecule is CC(C)C1CCC(N2[C@@H]3CC[C@H]2CC(n2c(=O)c(C(=O)O)nc4ccccc42)C3)CC1.Cl. The molecule has 2 bridgehead atoms. The third-order valence-electron chi connectivity index (χ3n) is 8.23. The zero-order valence-corrected chi connectivity index (χ0v) is 19.8. The van der Waals surface area contributed by atoms with Gasteiger partial charge in [0.15, 0.2) is 0 Å². The van der Waals surface area contributed by atoms with Crippen LogP contribution in [0.3, 0.4) is 0 Å². The zero-order chi connectivity index (χ0) is 21.7. The van der Waals surface area contributed by atoms with Crippen LogP contribution in [0.15, 0.2) is 29.1 Å². The molecule has 3 fully saturated rings. The summed E-state index contributed by atoms with van der Waals surface area (Å²) in [6.07, 6.45) is 9.48. The molecule has 0 amide bonds. The number of hydrogen-bond donors (Lipinski definition) is 1. The molecule has 1 aliphatic carbocycles. The van der Waals surface area contributed by atoms with Crippen LogP contribution in [-0.2, 0) is 0 Å². The van der Waals surface area contributed by atoms with E-state index in [-0.39, 0.29) is 24.1 Å². The van der Waals surface area contributed by atoms with E-state index in [0.29, 0.717) is 23.6 Å². The summed E-state index contributed by atoms with van der Waals surface area (Å²) in [5.74, 6) is 0.396. The minimum Gasteiger partial charge on any atom is -0.476 e. The lowest BCUT2D eigenvalue weighted by atomic mass is 9.78. The van der Waals surface area contributed by atoms with Crippen molar-refractivity contribution in [1.82, 2.24) is 14.5 Å². The number of piperidine rings is 1. The first-order valence-electron chi connectivity index (χ1n) is 12.0. The first-order chi connectivity index (χ1) is 14.9. The van der Waals surface area contributed by atoms with Crippen LogP contribution in [0, 0.1) is 11.8 Å². The van der Waals surface area contributed by atoms with Crippen molar-refractivity contribution in [2.75, 3.05) is 0 Å². The second kappa shape index (κ2) is 9.14. The lowest BCUT2D eigenvalue weighted by molar-refractivity contribution is 0.0331. The minimum absolute atomic E-state index is 0. The van der Waals surface area contributed by atoms with Gasteiger partial charge in [0.25, 0.3) is 5.56 Å². The van der Waals surface area contributed by atoms with E-state index in [9.17, 15) is 14.7 Å². The summed E-state index contributed by atoms with van der Waals surface area (Å²) in [7, 11) is 0. The normalized spacial score (nSPS) is 30.4. The Balaban J connectivity index is 0.00000245. The van der Waals surface area contributed by atoms with Crippen molar-refractivity contribution in [3.63, 3.8) is 0 Å². The van der Waals surface area contributed by atoms with E-state index in [1.807, 2.05) is 18.2 Å². The summed E-state index contributed by atoms with van der Waals surface area (Å²) in [6, 6.07) is 9.15. The molecule has 2 aliphatic heterocycles. The van der Waals surface area contributed by atoms with Crippen LogP contribution < -0.4 is 5.56 Å². The summed E-state index contributed by atoms with van der Waals surface area (Å²) in [5.41, 5.74) is 0.524. The van der Waals surface area contributed by atoms with Crippen LogP contribution in [0.5, 0.6) is 0 Å². The molecule has 3 atom stereocenters. The van der Waals surface area contributed by atoms with Crippen LogP contribution in [0.25, 0.3) is 11.0 Å². The molecule has 0 radical (unpaired) electrons. The van der Waals surface area contributed by atoms with Crippen LogP contribution in [0.4, 0.5) is 0 Å². The van der Waals surface area contributed by atoms with Crippen molar-refractivity contribution in [1.29, 1.82) is 0 Å². The van der Waals surface area contributed by atoms with Gasteiger partial charge in [0.2, 0.25) is 5.69 Å². The largest absolute Gasteiger partial charge is 0.476 e. The number of halogens is 1. The van der Waals surface area contributed by atoms with E-state index in [1.165, 1.54) is 38.5 Å². The van der Waals surface area contributed by atoms with E-state index in [4.69, 9.17) is 0 Å². The number of benzene rings is 1. The van der Waals surface area contributed by atoms with Gasteiger partial charge in [-0.05, 0) is 75.3 Å². The number of para-hydroxylation sites is 2. The number of carboxylic acid groups (broad SMARTS) is 1.